The van der Waals surface area contributed by atoms with Crippen LogP contribution in [0.15, 0.2) is 0 Å². The highest BCUT2D eigenvalue weighted by molar-refractivity contribution is 4.90. The summed E-state index contributed by atoms with van der Waals surface area (Å²) in [5.74, 6) is 0.762. The van der Waals surface area contributed by atoms with Crippen molar-refractivity contribution in [2.24, 2.45) is 11.3 Å². The number of rotatable bonds is 3. The Hall–Kier alpha value is -0.0800. The zero-order chi connectivity index (χ0) is 11.6. The van der Waals surface area contributed by atoms with E-state index in [0.717, 1.165) is 18.8 Å². The van der Waals surface area contributed by atoms with E-state index in [1.54, 1.807) is 0 Å². The summed E-state index contributed by atoms with van der Waals surface area (Å²) in [5.41, 5.74) is 0.425. The van der Waals surface area contributed by atoms with E-state index < -0.39 is 0 Å². The molecule has 1 fully saturated rings. The van der Waals surface area contributed by atoms with Crippen molar-refractivity contribution in [1.82, 2.24) is 4.90 Å². The Bertz CT molecular complexity index is 201. The first kappa shape index (κ1) is 13.0. The highest BCUT2D eigenvalue weighted by atomic mass is 16.3. The molecular weight excluding hydrogens is 186 g/mol. The van der Waals surface area contributed by atoms with Gasteiger partial charge in [-0.15, -0.1) is 0 Å². The third-order valence-electron chi connectivity index (χ3n) is 4.46. The number of nitrogens with zero attached hydrogens (tertiary/aromatic N) is 1. The summed E-state index contributed by atoms with van der Waals surface area (Å²) in [5, 5.41) is 9.95. The zero-order valence-corrected chi connectivity index (χ0v) is 11.0. The van der Waals surface area contributed by atoms with Crippen molar-refractivity contribution in [3.63, 3.8) is 0 Å². The Morgan fingerprint density at radius 3 is 2.33 bits per heavy atom. The van der Waals surface area contributed by atoms with Crippen LogP contribution in [0, 0.1) is 11.3 Å². The molecule has 1 aliphatic carbocycles. The monoisotopic (exact) mass is 213 g/mol. The molecule has 0 spiro atoms. The standard InChI is InChI=1S/C13H27NO/c1-6-13(2,3)10-7-8-12(15)11(9-10)14(4)5/h10-12,15H,6-9H2,1-5H3. The Morgan fingerprint density at radius 1 is 1.27 bits per heavy atom. The first-order chi connectivity index (χ1) is 6.88. The lowest BCUT2D eigenvalue weighted by Crippen LogP contribution is -2.46. The van der Waals surface area contributed by atoms with Gasteiger partial charge in [0.15, 0.2) is 0 Å². The summed E-state index contributed by atoms with van der Waals surface area (Å²) in [6.07, 6.45) is 4.41. The van der Waals surface area contributed by atoms with Crippen LogP contribution in [0.25, 0.3) is 0 Å². The average Bonchev–Trinajstić information content (AvgIpc) is 2.17. The summed E-state index contributed by atoms with van der Waals surface area (Å²) in [7, 11) is 4.16. The molecule has 0 saturated heterocycles. The first-order valence-electron chi connectivity index (χ1n) is 6.23. The normalized spacial score (nSPS) is 33.4. The maximum atomic E-state index is 9.95. The molecule has 2 heteroatoms. The van der Waals surface area contributed by atoms with Crippen molar-refractivity contribution in [2.75, 3.05) is 14.1 Å². The Morgan fingerprint density at radius 2 is 1.87 bits per heavy atom. The lowest BCUT2D eigenvalue weighted by molar-refractivity contribution is -0.00362. The van der Waals surface area contributed by atoms with Gasteiger partial charge in [0.25, 0.3) is 0 Å². The summed E-state index contributed by atoms with van der Waals surface area (Å²) in [6, 6.07) is 0.356. The van der Waals surface area contributed by atoms with Crippen LogP contribution in [0.1, 0.15) is 46.5 Å². The molecule has 1 rings (SSSR count). The molecule has 0 heterocycles. The summed E-state index contributed by atoms with van der Waals surface area (Å²) < 4.78 is 0. The van der Waals surface area contributed by atoms with Crippen molar-refractivity contribution >= 4 is 0 Å². The van der Waals surface area contributed by atoms with Crippen LogP contribution >= 0.6 is 0 Å². The van der Waals surface area contributed by atoms with Gasteiger partial charge in [0.1, 0.15) is 0 Å². The number of hydrogen-bond acceptors (Lipinski definition) is 2. The third-order valence-corrected chi connectivity index (χ3v) is 4.46. The van der Waals surface area contributed by atoms with E-state index in [9.17, 15) is 5.11 Å². The van der Waals surface area contributed by atoms with Crippen molar-refractivity contribution in [3.05, 3.63) is 0 Å². The number of likely N-dealkylation sites (N-methyl/N-ethyl adjacent to an activating group) is 1. The lowest BCUT2D eigenvalue weighted by atomic mass is 9.68. The molecule has 90 valence electrons. The molecule has 0 aromatic rings. The van der Waals surface area contributed by atoms with Gasteiger partial charge in [0, 0.05) is 6.04 Å². The molecule has 1 saturated carbocycles. The molecule has 3 atom stereocenters. The molecular formula is C13H27NO. The lowest BCUT2D eigenvalue weighted by Gasteiger charge is -2.43. The van der Waals surface area contributed by atoms with Crippen LogP contribution < -0.4 is 0 Å². The fourth-order valence-electron chi connectivity index (χ4n) is 2.68. The Labute approximate surface area is 94.7 Å². The largest absolute Gasteiger partial charge is 0.391 e. The van der Waals surface area contributed by atoms with Crippen LogP contribution in [-0.2, 0) is 0 Å². The van der Waals surface area contributed by atoms with E-state index in [1.807, 2.05) is 0 Å². The first-order valence-corrected chi connectivity index (χ1v) is 6.23. The molecule has 0 aromatic heterocycles. The maximum Gasteiger partial charge on any atom is 0.0695 e. The van der Waals surface area contributed by atoms with Crippen LogP contribution in [0.5, 0.6) is 0 Å². The molecule has 0 radical (unpaired) electrons. The third kappa shape index (κ3) is 2.94. The smallest absolute Gasteiger partial charge is 0.0695 e. The van der Waals surface area contributed by atoms with E-state index in [4.69, 9.17) is 0 Å². The van der Waals surface area contributed by atoms with Crippen molar-refractivity contribution in [3.8, 4) is 0 Å². The van der Waals surface area contributed by atoms with Gasteiger partial charge in [0.05, 0.1) is 6.10 Å². The Balaban J connectivity index is 2.65. The van der Waals surface area contributed by atoms with Crippen LogP contribution in [0.4, 0.5) is 0 Å². The van der Waals surface area contributed by atoms with Gasteiger partial charge in [-0.2, -0.15) is 0 Å². The number of aliphatic hydroxyl groups excluding tert-OH is 1. The molecule has 0 bridgehead atoms. The molecule has 1 aliphatic rings. The zero-order valence-electron chi connectivity index (χ0n) is 11.0. The van der Waals surface area contributed by atoms with E-state index in [1.165, 1.54) is 12.8 Å². The second-order valence-electron chi connectivity index (χ2n) is 5.95. The van der Waals surface area contributed by atoms with Gasteiger partial charge in [-0.05, 0) is 44.7 Å². The van der Waals surface area contributed by atoms with Crippen molar-refractivity contribution in [1.29, 1.82) is 0 Å². The molecule has 0 amide bonds. The SMILES string of the molecule is CCC(C)(C)C1CCC(O)C(N(C)C)C1. The van der Waals surface area contributed by atoms with Gasteiger partial charge < -0.3 is 10.0 Å². The molecule has 15 heavy (non-hydrogen) atoms. The van der Waals surface area contributed by atoms with Crippen LogP contribution in [0.2, 0.25) is 0 Å². The molecule has 1 N–H and O–H groups in total. The Kier molecular flexibility index (Phi) is 4.19. The summed E-state index contributed by atoms with van der Waals surface area (Å²) in [4.78, 5) is 2.18. The van der Waals surface area contributed by atoms with Crippen molar-refractivity contribution in [2.45, 2.75) is 58.6 Å². The minimum Gasteiger partial charge on any atom is -0.391 e. The van der Waals surface area contributed by atoms with Gasteiger partial charge in [-0.3, -0.25) is 0 Å². The summed E-state index contributed by atoms with van der Waals surface area (Å²) >= 11 is 0. The number of hydrogen-bond donors (Lipinski definition) is 1. The average molecular weight is 213 g/mol. The predicted molar refractivity (Wildman–Crippen MR) is 64.9 cm³/mol. The second kappa shape index (κ2) is 4.84. The van der Waals surface area contributed by atoms with E-state index in [-0.39, 0.29) is 6.10 Å². The van der Waals surface area contributed by atoms with Crippen LogP contribution in [0.3, 0.4) is 0 Å². The van der Waals surface area contributed by atoms with Gasteiger partial charge in [-0.25, -0.2) is 0 Å². The van der Waals surface area contributed by atoms with Gasteiger partial charge >= 0.3 is 0 Å². The van der Waals surface area contributed by atoms with E-state index in [2.05, 4.69) is 39.8 Å². The van der Waals surface area contributed by atoms with E-state index in [0.29, 0.717) is 11.5 Å². The molecule has 2 nitrogen and oxygen atoms in total. The van der Waals surface area contributed by atoms with Crippen molar-refractivity contribution < 1.29 is 5.11 Å². The van der Waals surface area contributed by atoms with Crippen LogP contribution in [-0.4, -0.2) is 36.2 Å². The van der Waals surface area contributed by atoms with Gasteiger partial charge in [0.2, 0.25) is 0 Å². The topological polar surface area (TPSA) is 23.5 Å². The molecule has 0 aromatic carbocycles. The summed E-state index contributed by atoms with van der Waals surface area (Å²) in [6.45, 7) is 7.00. The number of aliphatic hydroxyl groups is 1. The van der Waals surface area contributed by atoms with E-state index >= 15 is 0 Å². The van der Waals surface area contributed by atoms with Gasteiger partial charge in [-0.1, -0.05) is 27.2 Å². The quantitative estimate of drug-likeness (QED) is 0.778. The second-order valence-corrected chi connectivity index (χ2v) is 5.95. The molecule has 0 aliphatic heterocycles. The fraction of sp³-hybridized carbons (Fsp3) is 1.00. The minimum atomic E-state index is -0.121. The highest BCUT2D eigenvalue weighted by Gasteiger charge is 2.37. The predicted octanol–water partition coefficient (Wildman–Crippen LogP) is 2.51. The minimum absolute atomic E-state index is 0.121. The molecule has 3 unspecified atom stereocenters. The fourth-order valence-corrected chi connectivity index (χ4v) is 2.68. The highest BCUT2D eigenvalue weighted by Crippen LogP contribution is 2.41. The maximum absolute atomic E-state index is 9.95.